The number of nitrogens with zero attached hydrogens (tertiary/aromatic N) is 4. The van der Waals surface area contributed by atoms with Crippen LogP contribution in [0.4, 0.5) is 5.69 Å². The van der Waals surface area contributed by atoms with Gasteiger partial charge in [-0.3, -0.25) is 4.79 Å². The second kappa shape index (κ2) is 7.07. The van der Waals surface area contributed by atoms with Crippen molar-refractivity contribution >= 4 is 24.0 Å². The zero-order valence-electron chi connectivity index (χ0n) is 14.5. The van der Waals surface area contributed by atoms with Gasteiger partial charge in [-0.25, -0.2) is 4.68 Å². The van der Waals surface area contributed by atoms with Crippen LogP contribution >= 0.6 is 12.4 Å². The molecule has 1 aliphatic carbocycles. The molecule has 0 spiro atoms. The summed E-state index contributed by atoms with van der Waals surface area (Å²) < 4.78 is 7.19. The van der Waals surface area contributed by atoms with Gasteiger partial charge in [-0.1, -0.05) is 19.9 Å². The van der Waals surface area contributed by atoms with Gasteiger partial charge in [-0.05, 0) is 35.5 Å². The number of carbonyl (C=O) groups excluding carboxylic acids is 1. The number of halogens is 1. The Kier molecular flexibility index (Phi) is 5.46. The van der Waals surface area contributed by atoms with E-state index < -0.39 is 11.0 Å². The second-order valence-electron chi connectivity index (χ2n) is 6.60. The van der Waals surface area contributed by atoms with Gasteiger partial charge in [-0.15, -0.1) is 17.5 Å². The number of hydrogen-bond donors (Lipinski definition) is 2. The number of tetrazole rings is 1. The summed E-state index contributed by atoms with van der Waals surface area (Å²) in [5.41, 5.74) is 6.41. The molecular weight excluding hydrogens is 344 g/mol. The molecule has 9 heteroatoms. The van der Waals surface area contributed by atoms with Gasteiger partial charge in [0.15, 0.2) is 0 Å². The number of amides is 1. The lowest BCUT2D eigenvalue weighted by Crippen LogP contribution is -2.74. The van der Waals surface area contributed by atoms with Crippen molar-refractivity contribution in [2.45, 2.75) is 38.8 Å². The number of aromatic nitrogens is 4. The molecule has 0 saturated heterocycles. The maximum atomic E-state index is 12.7. The maximum absolute atomic E-state index is 12.7. The molecule has 8 nitrogen and oxygen atoms in total. The number of ether oxygens (including phenoxy) is 1. The molecule has 1 fully saturated rings. The third-order valence-corrected chi connectivity index (χ3v) is 4.95. The first-order valence-electron chi connectivity index (χ1n) is 7.94. The molecule has 1 amide bonds. The lowest BCUT2D eigenvalue weighted by molar-refractivity contribution is -0.166. The molecule has 136 valence electrons. The first-order chi connectivity index (χ1) is 11.4. The van der Waals surface area contributed by atoms with E-state index in [2.05, 4.69) is 20.8 Å². The average molecular weight is 367 g/mol. The number of rotatable bonds is 5. The maximum Gasteiger partial charge on any atom is 0.245 e. The number of anilines is 1. The summed E-state index contributed by atoms with van der Waals surface area (Å²) in [4.78, 5) is 12.7. The molecule has 25 heavy (non-hydrogen) atoms. The number of hydrogen-bond acceptors (Lipinski definition) is 6. The van der Waals surface area contributed by atoms with Crippen LogP contribution in [0.2, 0.25) is 0 Å². The Morgan fingerprint density at radius 2 is 2.24 bits per heavy atom. The highest BCUT2D eigenvalue weighted by molar-refractivity contribution is 6.00. The smallest absolute Gasteiger partial charge is 0.245 e. The summed E-state index contributed by atoms with van der Waals surface area (Å²) in [6.07, 6.45) is 1.99. The van der Waals surface area contributed by atoms with Crippen LogP contribution in [0, 0.1) is 5.41 Å². The predicted molar refractivity (Wildman–Crippen MR) is 95.8 cm³/mol. The minimum absolute atomic E-state index is 0. The van der Waals surface area contributed by atoms with E-state index in [1.54, 1.807) is 12.1 Å². The Morgan fingerprint density at radius 3 is 2.84 bits per heavy atom. The lowest BCUT2D eigenvalue weighted by Gasteiger charge is -2.57. The van der Waals surface area contributed by atoms with Gasteiger partial charge in [0.1, 0.15) is 11.9 Å². The first kappa shape index (κ1) is 19.3. The molecule has 3 rings (SSSR count). The van der Waals surface area contributed by atoms with Crippen LogP contribution in [0.1, 0.15) is 27.2 Å². The van der Waals surface area contributed by atoms with Gasteiger partial charge in [0.25, 0.3) is 0 Å². The Bertz CT molecular complexity index is 736. The fourth-order valence-electron chi connectivity index (χ4n) is 3.07. The number of benzene rings is 1. The van der Waals surface area contributed by atoms with Crippen LogP contribution in [-0.4, -0.2) is 44.4 Å². The summed E-state index contributed by atoms with van der Waals surface area (Å²) in [5, 5.41) is 14.0. The molecule has 0 bridgehead atoms. The van der Waals surface area contributed by atoms with E-state index >= 15 is 0 Å². The molecule has 1 heterocycles. The molecule has 2 aromatic rings. The monoisotopic (exact) mass is 366 g/mol. The third-order valence-electron chi connectivity index (χ3n) is 4.95. The summed E-state index contributed by atoms with van der Waals surface area (Å²) >= 11 is 0. The zero-order valence-corrected chi connectivity index (χ0v) is 15.3. The Labute approximate surface area is 152 Å². The van der Waals surface area contributed by atoms with E-state index in [9.17, 15) is 4.79 Å². The Morgan fingerprint density at radius 1 is 1.48 bits per heavy atom. The van der Waals surface area contributed by atoms with Crippen molar-refractivity contribution in [2.75, 3.05) is 11.9 Å². The van der Waals surface area contributed by atoms with Crippen LogP contribution in [-0.2, 0) is 9.53 Å². The van der Waals surface area contributed by atoms with Crippen molar-refractivity contribution in [3.8, 4) is 5.69 Å². The van der Waals surface area contributed by atoms with Crippen LogP contribution in [0.15, 0.2) is 30.6 Å². The van der Waals surface area contributed by atoms with E-state index in [-0.39, 0.29) is 24.4 Å². The van der Waals surface area contributed by atoms with Crippen LogP contribution < -0.4 is 11.1 Å². The fraction of sp³-hybridized carbons (Fsp3) is 0.500. The van der Waals surface area contributed by atoms with Crippen LogP contribution in [0.3, 0.4) is 0 Å². The first-order valence-corrected chi connectivity index (χ1v) is 7.94. The van der Waals surface area contributed by atoms with E-state index in [4.69, 9.17) is 10.5 Å². The molecule has 3 N–H and O–H groups in total. The molecular formula is C16H23ClN6O2. The number of nitrogens with one attached hydrogen (secondary N) is 1. The van der Waals surface area contributed by atoms with Gasteiger partial charge >= 0.3 is 0 Å². The average Bonchev–Trinajstić information content (AvgIpc) is 3.09. The SMILES string of the molecule is CCOC1CC(N)(C(=O)Nc2cccc(-n3cnnn3)c2)C1(C)C.Cl. The largest absolute Gasteiger partial charge is 0.378 e. The van der Waals surface area contributed by atoms with Crippen molar-refractivity contribution in [1.29, 1.82) is 0 Å². The van der Waals surface area contributed by atoms with E-state index in [1.807, 2.05) is 32.9 Å². The van der Waals surface area contributed by atoms with Gasteiger partial charge in [0, 0.05) is 24.1 Å². The molecule has 1 aromatic carbocycles. The molecule has 0 radical (unpaired) electrons. The lowest BCUT2D eigenvalue weighted by atomic mass is 9.54. The molecule has 0 aliphatic heterocycles. The normalized spacial score (nSPS) is 24.1. The van der Waals surface area contributed by atoms with Crippen LogP contribution in [0.5, 0.6) is 0 Å². The minimum Gasteiger partial charge on any atom is -0.378 e. The predicted octanol–water partition coefficient (Wildman–Crippen LogP) is 1.56. The standard InChI is InChI=1S/C16H22N6O2.ClH/c1-4-24-13-9-16(17,15(13,2)3)14(23)19-11-6-5-7-12(8-11)22-10-18-20-21-22;/h5-8,10,13H,4,9,17H2,1-3H3,(H,19,23);1H. The van der Waals surface area contributed by atoms with E-state index in [0.717, 1.165) is 5.69 Å². The highest BCUT2D eigenvalue weighted by atomic mass is 35.5. The molecule has 2 atom stereocenters. The topological polar surface area (TPSA) is 108 Å². The van der Waals surface area contributed by atoms with Crippen molar-refractivity contribution in [3.05, 3.63) is 30.6 Å². The molecule has 2 unspecified atom stereocenters. The zero-order chi connectivity index (χ0) is 17.4. The van der Waals surface area contributed by atoms with Gasteiger partial charge in [0.05, 0.1) is 11.8 Å². The van der Waals surface area contributed by atoms with Crippen molar-refractivity contribution in [1.82, 2.24) is 20.2 Å². The third kappa shape index (κ3) is 3.24. The Hall–Kier alpha value is -2.03. The minimum atomic E-state index is -0.961. The summed E-state index contributed by atoms with van der Waals surface area (Å²) in [6.45, 7) is 6.48. The van der Waals surface area contributed by atoms with Crippen LogP contribution in [0.25, 0.3) is 5.69 Å². The fourth-order valence-corrected chi connectivity index (χ4v) is 3.07. The second-order valence-corrected chi connectivity index (χ2v) is 6.60. The summed E-state index contributed by atoms with van der Waals surface area (Å²) in [7, 11) is 0. The summed E-state index contributed by atoms with van der Waals surface area (Å²) in [6, 6.07) is 7.28. The van der Waals surface area contributed by atoms with Crippen molar-refractivity contribution in [2.24, 2.45) is 11.1 Å². The summed E-state index contributed by atoms with van der Waals surface area (Å²) in [5.74, 6) is -0.211. The number of nitrogens with two attached hydrogens (primary N) is 1. The number of carbonyl (C=O) groups is 1. The van der Waals surface area contributed by atoms with Gasteiger partial charge < -0.3 is 15.8 Å². The van der Waals surface area contributed by atoms with Crippen molar-refractivity contribution in [3.63, 3.8) is 0 Å². The van der Waals surface area contributed by atoms with E-state index in [0.29, 0.717) is 18.7 Å². The molecule has 1 saturated carbocycles. The highest BCUT2D eigenvalue weighted by Gasteiger charge is 2.62. The van der Waals surface area contributed by atoms with Gasteiger partial charge in [-0.2, -0.15) is 0 Å². The van der Waals surface area contributed by atoms with Crippen molar-refractivity contribution < 1.29 is 9.53 Å². The molecule has 1 aromatic heterocycles. The quantitative estimate of drug-likeness (QED) is 0.831. The molecule has 1 aliphatic rings. The van der Waals surface area contributed by atoms with E-state index in [1.165, 1.54) is 11.0 Å². The Balaban J connectivity index is 0.00000225. The highest BCUT2D eigenvalue weighted by Crippen LogP contribution is 2.50. The van der Waals surface area contributed by atoms with Gasteiger partial charge in [0.2, 0.25) is 5.91 Å².